The number of methoxy groups -OCH3 is 3. The second kappa shape index (κ2) is 10.9. The van der Waals surface area contributed by atoms with Gasteiger partial charge in [0.2, 0.25) is 5.91 Å². The van der Waals surface area contributed by atoms with Gasteiger partial charge in [-0.25, -0.2) is 4.79 Å². The standard InChI is InChI=1S/C21H33N3O5/c1-14(2)23-21(26)24-12-17(16-11-15(28-4)7-8-19(16)29-5)18(13-24)20(25)22-9-6-10-27-3/h7-8,11,14,17-18H,6,9-10,12-13H2,1-5H3,(H,22,25)(H,23,26). The fourth-order valence-electron chi connectivity index (χ4n) is 3.58. The number of urea groups is 1. The van der Waals surface area contributed by atoms with Crippen LogP contribution < -0.4 is 20.1 Å². The Hall–Kier alpha value is -2.48. The van der Waals surface area contributed by atoms with E-state index >= 15 is 0 Å². The summed E-state index contributed by atoms with van der Waals surface area (Å²) in [6, 6.07) is 5.40. The number of hydrogen-bond donors (Lipinski definition) is 2. The van der Waals surface area contributed by atoms with E-state index in [0.717, 1.165) is 12.0 Å². The van der Waals surface area contributed by atoms with E-state index in [1.54, 1.807) is 26.2 Å². The summed E-state index contributed by atoms with van der Waals surface area (Å²) < 4.78 is 15.9. The first-order valence-electron chi connectivity index (χ1n) is 9.95. The number of ether oxygens (including phenoxy) is 3. The van der Waals surface area contributed by atoms with Crippen LogP contribution in [0.15, 0.2) is 18.2 Å². The van der Waals surface area contributed by atoms with E-state index in [2.05, 4.69) is 10.6 Å². The maximum absolute atomic E-state index is 13.0. The molecule has 1 aliphatic heterocycles. The highest BCUT2D eigenvalue weighted by molar-refractivity contribution is 5.83. The van der Waals surface area contributed by atoms with Crippen LogP contribution in [-0.4, -0.2) is 70.5 Å². The van der Waals surface area contributed by atoms with Gasteiger partial charge < -0.3 is 29.7 Å². The zero-order valence-electron chi connectivity index (χ0n) is 18.0. The highest BCUT2D eigenvalue weighted by Crippen LogP contribution is 2.39. The molecule has 2 unspecified atom stereocenters. The topological polar surface area (TPSA) is 89.1 Å². The molecule has 0 aliphatic carbocycles. The van der Waals surface area contributed by atoms with Gasteiger partial charge in [-0.1, -0.05) is 0 Å². The number of benzene rings is 1. The minimum atomic E-state index is -0.378. The van der Waals surface area contributed by atoms with Crippen LogP contribution in [0.4, 0.5) is 4.79 Å². The van der Waals surface area contributed by atoms with Gasteiger partial charge in [0.15, 0.2) is 0 Å². The third-order valence-corrected chi connectivity index (χ3v) is 5.02. The van der Waals surface area contributed by atoms with Crippen LogP contribution in [0, 0.1) is 5.92 Å². The Bertz CT molecular complexity index is 695. The lowest BCUT2D eigenvalue weighted by Gasteiger charge is -2.21. The fourth-order valence-corrected chi connectivity index (χ4v) is 3.58. The van der Waals surface area contributed by atoms with Crippen molar-refractivity contribution in [1.29, 1.82) is 0 Å². The summed E-state index contributed by atoms with van der Waals surface area (Å²) in [5.41, 5.74) is 0.865. The maximum atomic E-state index is 13.0. The molecule has 1 aromatic carbocycles. The molecule has 0 bridgehead atoms. The largest absolute Gasteiger partial charge is 0.497 e. The number of hydrogen-bond acceptors (Lipinski definition) is 5. The summed E-state index contributed by atoms with van der Waals surface area (Å²) in [5.74, 6) is 0.719. The summed E-state index contributed by atoms with van der Waals surface area (Å²) in [4.78, 5) is 27.2. The second-order valence-electron chi connectivity index (χ2n) is 7.47. The van der Waals surface area contributed by atoms with Crippen LogP contribution in [0.3, 0.4) is 0 Å². The molecule has 0 spiro atoms. The van der Waals surface area contributed by atoms with Crippen molar-refractivity contribution in [2.24, 2.45) is 5.92 Å². The molecule has 0 radical (unpaired) electrons. The number of rotatable bonds is 9. The van der Waals surface area contributed by atoms with Crippen LogP contribution in [0.1, 0.15) is 31.7 Å². The van der Waals surface area contributed by atoms with E-state index in [1.165, 1.54) is 0 Å². The minimum absolute atomic E-state index is 0.0224. The molecule has 2 N–H and O–H groups in total. The monoisotopic (exact) mass is 407 g/mol. The van der Waals surface area contributed by atoms with E-state index in [-0.39, 0.29) is 29.8 Å². The summed E-state index contributed by atoms with van der Waals surface area (Å²) in [6.45, 7) is 5.72. The highest BCUT2D eigenvalue weighted by atomic mass is 16.5. The van der Waals surface area contributed by atoms with Crippen molar-refractivity contribution < 1.29 is 23.8 Å². The molecule has 1 saturated heterocycles. The molecule has 29 heavy (non-hydrogen) atoms. The second-order valence-corrected chi connectivity index (χ2v) is 7.47. The van der Waals surface area contributed by atoms with Gasteiger partial charge in [0.25, 0.3) is 0 Å². The van der Waals surface area contributed by atoms with Crippen molar-refractivity contribution in [3.05, 3.63) is 23.8 Å². The summed E-state index contributed by atoms with van der Waals surface area (Å²) in [7, 11) is 4.83. The highest BCUT2D eigenvalue weighted by Gasteiger charge is 2.41. The normalized spacial score (nSPS) is 18.6. The number of nitrogens with one attached hydrogen (secondary N) is 2. The third kappa shape index (κ3) is 6.00. The van der Waals surface area contributed by atoms with Crippen LogP contribution in [0.25, 0.3) is 0 Å². The van der Waals surface area contributed by atoms with Gasteiger partial charge in [-0.2, -0.15) is 0 Å². The van der Waals surface area contributed by atoms with E-state index in [1.807, 2.05) is 32.0 Å². The van der Waals surface area contributed by atoms with Gasteiger partial charge in [-0.05, 0) is 38.5 Å². The van der Waals surface area contributed by atoms with Crippen molar-refractivity contribution >= 4 is 11.9 Å². The molecular weight excluding hydrogens is 374 g/mol. The van der Waals surface area contributed by atoms with Crippen molar-refractivity contribution in [1.82, 2.24) is 15.5 Å². The Morgan fingerprint density at radius 3 is 2.55 bits per heavy atom. The lowest BCUT2D eigenvalue weighted by molar-refractivity contribution is -0.124. The fraction of sp³-hybridized carbons (Fsp3) is 0.619. The van der Waals surface area contributed by atoms with Gasteiger partial charge in [-0.3, -0.25) is 4.79 Å². The van der Waals surface area contributed by atoms with Crippen LogP contribution in [0.5, 0.6) is 11.5 Å². The van der Waals surface area contributed by atoms with E-state index in [9.17, 15) is 9.59 Å². The van der Waals surface area contributed by atoms with E-state index in [4.69, 9.17) is 14.2 Å². The molecule has 1 aliphatic rings. The van der Waals surface area contributed by atoms with Crippen LogP contribution in [0.2, 0.25) is 0 Å². The molecule has 8 heteroatoms. The Morgan fingerprint density at radius 2 is 1.93 bits per heavy atom. The maximum Gasteiger partial charge on any atom is 0.317 e. The van der Waals surface area contributed by atoms with Crippen LogP contribution in [-0.2, 0) is 9.53 Å². The van der Waals surface area contributed by atoms with Gasteiger partial charge in [0.05, 0.1) is 20.1 Å². The molecule has 0 saturated carbocycles. The lowest BCUT2D eigenvalue weighted by atomic mass is 9.87. The Kier molecular flexibility index (Phi) is 8.57. The van der Waals surface area contributed by atoms with Gasteiger partial charge in [0, 0.05) is 50.9 Å². The molecular formula is C21H33N3O5. The first kappa shape index (κ1) is 22.8. The zero-order chi connectivity index (χ0) is 21.4. The molecule has 0 aromatic heterocycles. The van der Waals surface area contributed by atoms with Crippen molar-refractivity contribution in [2.75, 3.05) is 47.6 Å². The molecule has 2 atom stereocenters. The molecule has 8 nitrogen and oxygen atoms in total. The quantitative estimate of drug-likeness (QED) is 0.611. The van der Waals surface area contributed by atoms with Crippen molar-refractivity contribution in [2.45, 2.75) is 32.2 Å². The SMILES string of the molecule is COCCCNC(=O)C1CN(C(=O)NC(C)C)CC1c1cc(OC)ccc1OC. The number of carbonyl (C=O) groups excluding carboxylic acids is 2. The first-order valence-corrected chi connectivity index (χ1v) is 9.95. The van der Waals surface area contributed by atoms with Crippen LogP contribution >= 0.6 is 0 Å². The summed E-state index contributed by atoms with van der Waals surface area (Å²) in [5, 5.41) is 5.89. The molecule has 1 aromatic rings. The van der Waals surface area contributed by atoms with Gasteiger partial charge in [0.1, 0.15) is 11.5 Å². The van der Waals surface area contributed by atoms with Crippen molar-refractivity contribution in [3.63, 3.8) is 0 Å². The predicted octanol–water partition coefficient (Wildman–Crippen LogP) is 1.99. The number of nitrogens with zero attached hydrogens (tertiary/aromatic N) is 1. The minimum Gasteiger partial charge on any atom is -0.497 e. The first-order chi connectivity index (χ1) is 13.9. The van der Waals surface area contributed by atoms with Gasteiger partial charge >= 0.3 is 6.03 Å². The lowest BCUT2D eigenvalue weighted by Crippen LogP contribution is -2.42. The molecule has 1 fully saturated rings. The number of amides is 3. The Balaban J connectivity index is 2.27. The molecule has 3 amide bonds. The smallest absolute Gasteiger partial charge is 0.317 e. The molecule has 2 rings (SSSR count). The van der Waals surface area contributed by atoms with Crippen molar-refractivity contribution in [3.8, 4) is 11.5 Å². The Morgan fingerprint density at radius 1 is 1.17 bits per heavy atom. The summed E-state index contributed by atoms with van der Waals surface area (Å²) in [6.07, 6.45) is 0.736. The number of carbonyl (C=O) groups is 2. The average molecular weight is 408 g/mol. The average Bonchev–Trinajstić information content (AvgIpc) is 3.15. The van der Waals surface area contributed by atoms with E-state index < -0.39 is 0 Å². The molecule has 1 heterocycles. The molecule has 162 valence electrons. The Labute approximate surface area is 172 Å². The third-order valence-electron chi connectivity index (χ3n) is 5.02. The van der Waals surface area contributed by atoms with E-state index in [0.29, 0.717) is 37.7 Å². The summed E-state index contributed by atoms with van der Waals surface area (Å²) >= 11 is 0. The predicted molar refractivity (Wildman–Crippen MR) is 111 cm³/mol. The number of likely N-dealkylation sites (tertiary alicyclic amines) is 1. The van der Waals surface area contributed by atoms with Gasteiger partial charge in [-0.15, -0.1) is 0 Å². The zero-order valence-corrected chi connectivity index (χ0v) is 18.0.